The highest BCUT2D eigenvalue weighted by molar-refractivity contribution is 9.10. The topological polar surface area (TPSA) is 26.0 Å². The van der Waals surface area contributed by atoms with Crippen molar-refractivity contribution in [2.24, 2.45) is 5.73 Å². The van der Waals surface area contributed by atoms with Crippen LogP contribution >= 0.6 is 15.9 Å². The zero-order valence-corrected chi connectivity index (χ0v) is 8.77. The molecule has 1 aromatic carbocycles. The summed E-state index contributed by atoms with van der Waals surface area (Å²) >= 11 is 3.26. The van der Waals surface area contributed by atoms with E-state index >= 15 is 0 Å². The van der Waals surface area contributed by atoms with E-state index in [0.717, 1.165) is 30.4 Å². The van der Waals surface area contributed by atoms with Crippen LogP contribution in [0.4, 0.5) is 4.39 Å². The third kappa shape index (κ3) is 1.51. The molecule has 1 atom stereocenters. The van der Waals surface area contributed by atoms with Gasteiger partial charge in [-0.3, -0.25) is 0 Å². The molecular weight excluding hydrogens is 233 g/mol. The molecule has 0 aromatic heterocycles. The summed E-state index contributed by atoms with van der Waals surface area (Å²) in [5, 5.41) is 0. The quantitative estimate of drug-likeness (QED) is 0.746. The molecule has 0 heterocycles. The van der Waals surface area contributed by atoms with E-state index in [-0.39, 0.29) is 11.9 Å². The monoisotopic (exact) mass is 243 g/mol. The first kappa shape index (κ1) is 9.16. The summed E-state index contributed by atoms with van der Waals surface area (Å²) in [5.41, 5.74) is 8.07. The van der Waals surface area contributed by atoms with Crippen LogP contribution in [0.25, 0.3) is 0 Å². The Morgan fingerprint density at radius 3 is 3.00 bits per heavy atom. The van der Waals surface area contributed by atoms with E-state index in [9.17, 15) is 4.39 Å². The molecule has 2 N–H and O–H groups in total. The Morgan fingerprint density at radius 2 is 2.23 bits per heavy atom. The Labute approximate surface area is 85.3 Å². The first-order valence-corrected chi connectivity index (χ1v) is 5.22. The van der Waals surface area contributed by atoms with Crippen molar-refractivity contribution in [1.82, 2.24) is 0 Å². The van der Waals surface area contributed by atoms with Gasteiger partial charge in [0, 0.05) is 6.04 Å². The summed E-state index contributed by atoms with van der Waals surface area (Å²) < 4.78 is 13.7. The fraction of sp³-hybridized carbons (Fsp3) is 0.400. The van der Waals surface area contributed by atoms with E-state index in [4.69, 9.17) is 5.73 Å². The van der Waals surface area contributed by atoms with Crippen molar-refractivity contribution in [3.63, 3.8) is 0 Å². The minimum Gasteiger partial charge on any atom is -0.324 e. The lowest BCUT2D eigenvalue weighted by molar-refractivity contribution is 0.556. The molecule has 1 aromatic rings. The van der Waals surface area contributed by atoms with Gasteiger partial charge in [0.2, 0.25) is 0 Å². The molecule has 0 fully saturated rings. The molecule has 0 unspecified atom stereocenters. The highest BCUT2D eigenvalue weighted by Gasteiger charge is 2.20. The SMILES string of the molecule is N[C@@H]1CCCc2c1ccc(F)c2Br. The van der Waals surface area contributed by atoms with Gasteiger partial charge in [-0.15, -0.1) is 0 Å². The van der Waals surface area contributed by atoms with Gasteiger partial charge in [-0.2, -0.15) is 0 Å². The summed E-state index contributed by atoms with van der Waals surface area (Å²) in [7, 11) is 0. The molecule has 0 radical (unpaired) electrons. The third-order valence-electron chi connectivity index (χ3n) is 2.57. The summed E-state index contributed by atoms with van der Waals surface area (Å²) in [6.07, 6.45) is 2.99. The van der Waals surface area contributed by atoms with Crippen molar-refractivity contribution in [3.8, 4) is 0 Å². The second-order valence-corrected chi connectivity index (χ2v) is 4.22. The van der Waals surface area contributed by atoms with Crippen molar-refractivity contribution in [1.29, 1.82) is 0 Å². The molecule has 2 rings (SSSR count). The number of halogens is 2. The molecule has 13 heavy (non-hydrogen) atoms. The van der Waals surface area contributed by atoms with Crippen molar-refractivity contribution in [3.05, 3.63) is 33.5 Å². The Kier molecular flexibility index (Phi) is 2.39. The average Bonchev–Trinajstić information content (AvgIpc) is 2.12. The minimum absolute atomic E-state index is 0.0839. The standard InChI is InChI=1S/C10H11BrFN/c11-10-7-2-1-3-9(13)6(7)4-5-8(10)12/h4-5,9H,1-3,13H2/t9-/m1/s1. The van der Waals surface area contributed by atoms with E-state index in [0.29, 0.717) is 4.47 Å². The van der Waals surface area contributed by atoms with Gasteiger partial charge in [0.15, 0.2) is 0 Å². The predicted molar refractivity (Wildman–Crippen MR) is 54.0 cm³/mol. The first-order chi connectivity index (χ1) is 6.20. The van der Waals surface area contributed by atoms with Gasteiger partial charge in [0.1, 0.15) is 5.82 Å². The lowest BCUT2D eigenvalue weighted by Crippen LogP contribution is -2.18. The Balaban J connectivity index is 2.56. The largest absolute Gasteiger partial charge is 0.324 e. The minimum atomic E-state index is -0.187. The van der Waals surface area contributed by atoms with Crippen LogP contribution in [-0.2, 0) is 6.42 Å². The zero-order chi connectivity index (χ0) is 9.42. The van der Waals surface area contributed by atoms with Crippen molar-refractivity contribution in [2.75, 3.05) is 0 Å². The summed E-state index contributed by atoms with van der Waals surface area (Å²) in [4.78, 5) is 0. The lowest BCUT2D eigenvalue weighted by Gasteiger charge is -2.23. The fourth-order valence-electron chi connectivity index (χ4n) is 1.86. The Bertz CT molecular complexity index is 338. The molecule has 1 aliphatic rings. The van der Waals surface area contributed by atoms with Gasteiger partial charge in [0.05, 0.1) is 4.47 Å². The molecule has 0 amide bonds. The lowest BCUT2D eigenvalue weighted by atomic mass is 9.88. The first-order valence-electron chi connectivity index (χ1n) is 4.42. The summed E-state index contributed by atoms with van der Waals surface area (Å²) in [6, 6.07) is 3.37. The molecule has 0 aliphatic heterocycles. The van der Waals surface area contributed by atoms with Crippen LogP contribution in [0.2, 0.25) is 0 Å². The molecular formula is C10H11BrFN. The highest BCUT2D eigenvalue weighted by atomic mass is 79.9. The second-order valence-electron chi connectivity index (χ2n) is 3.43. The second kappa shape index (κ2) is 3.39. The molecule has 3 heteroatoms. The van der Waals surface area contributed by atoms with Crippen LogP contribution in [-0.4, -0.2) is 0 Å². The van der Waals surface area contributed by atoms with Crippen LogP contribution in [0.5, 0.6) is 0 Å². The number of nitrogens with two attached hydrogens (primary N) is 1. The van der Waals surface area contributed by atoms with Crippen molar-refractivity contribution in [2.45, 2.75) is 25.3 Å². The number of hydrogen-bond acceptors (Lipinski definition) is 1. The van der Waals surface area contributed by atoms with Gasteiger partial charge >= 0.3 is 0 Å². The van der Waals surface area contributed by atoms with Crippen LogP contribution in [0.15, 0.2) is 16.6 Å². The van der Waals surface area contributed by atoms with E-state index in [2.05, 4.69) is 15.9 Å². The zero-order valence-electron chi connectivity index (χ0n) is 7.19. The predicted octanol–water partition coefficient (Wildman–Crippen LogP) is 2.92. The van der Waals surface area contributed by atoms with Gasteiger partial charge in [-0.1, -0.05) is 6.07 Å². The van der Waals surface area contributed by atoms with Crippen LogP contribution < -0.4 is 5.73 Å². The molecule has 1 aliphatic carbocycles. The molecule has 70 valence electrons. The number of hydrogen-bond donors (Lipinski definition) is 1. The molecule has 0 bridgehead atoms. The summed E-state index contributed by atoms with van der Waals surface area (Å²) in [5.74, 6) is -0.187. The van der Waals surface area contributed by atoms with Gasteiger partial charge in [0.25, 0.3) is 0 Å². The van der Waals surface area contributed by atoms with E-state index < -0.39 is 0 Å². The normalized spacial score (nSPS) is 21.3. The van der Waals surface area contributed by atoms with Crippen molar-refractivity contribution >= 4 is 15.9 Å². The van der Waals surface area contributed by atoms with Crippen molar-refractivity contribution < 1.29 is 4.39 Å². The van der Waals surface area contributed by atoms with Gasteiger partial charge in [-0.25, -0.2) is 4.39 Å². The van der Waals surface area contributed by atoms with Crippen LogP contribution in [0.3, 0.4) is 0 Å². The third-order valence-corrected chi connectivity index (χ3v) is 3.43. The number of rotatable bonds is 0. The Hall–Kier alpha value is -0.410. The van der Waals surface area contributed by atoms with Crippen LogP contribution in [0.1, 0.15) is 30.0 Å². The maximum absolute atomic E-state index is 13.1. The Morgan fingerprint density at radius 1 is 1.46 bits per heavy atom. The highest BCUT2D eigenvalue weighted by Crippen LogP contribution is 2.34. The van der Waals surface area contributed by atoms with E-state index in [1.54, 1.807) is 6.07 Å². The smallest absolute Gasteiger partial charge is 0.137 e. The summed E-state index contributed by atoms with van der Waals surface area (Å²) in [6.45, 7) is 0. The molecule has 1 nitrogen and oxygen atoms in total. The molecule has 0 saturated heterocycles. The maximum Gasteiger partial charge on any atom is 0.137 e. The van der Waals surface area contributed by atoms with Gasteiger partial charge < -0.3 is 5.73 Å². The fourth-order valence-corrected chi connectivity index (χ4v) is 2.42. The number of fused-ring (bicyclic) bond motifs is 1. The van der Waals surface area contributed by atoms with E-state index in [1.807, 2.05) is 0 Å². The number of benzene rings is 1. The molecule has 0 spiro atoms. The molecule has 0 saturated carbocycles. The maximum atomic E-state index is 13.1. The average molecular weight is 244 g/mol. The van der Waals surface area contributed by atoms with Crippen LogP contribution in [0, 0.1) is 5.82 Å². The van der Waals surface area contributed by atoms with Gasteiger partial charge in [-0.05, 0) is 52.4 Å². The van der Waals surface area contributed by atoms with E-state index in [1.165, 1.54) is 6.07 Å².